The molecule has 1 amide bonds. The van der Waals surface area contributed by atoms with Crippen LogP contribution in [0, 0.1) is 0 Å². The standard InChI is InChI=1S/C24H24N4O4/c1-31-19-8-5-7-17(14-19)20-16-21-24(30)27(12-13-28(21)26-20)11-10-25-23(29)15-18-6-3-4-9-22(18)32-2/h3-9,12-14,16H,10-11,15H2,1-2H3,(H,25,29). The molecule has 0 aliphatic carbocycles. The molecule has 0 aliphatic heterocycles. The van der Waals surface area contributed by atoms with Crippen molar-refractivity contribution < 1.29 is 14.3 Å². The maximum atomic E-state index is 12.9. The van der Waals surface area contributed by atoms with Gasteiger partial charge < -0.3 is 19.4 Å². The van der Waals surface area contributed by atoms with Crippen LogP contribution in [0.4, 0.5) is 0 Å². The zero-order valence-corrected chi connectivity index (χ0v) is 17.9. The summed E-state index contributed by atoms with van der Waals surface area (Å²) in [4.78, 5) is 25.2. The van der Waals surface area contributed by atoms with Gasteiger partial charge >= 0.3 is 0 Å². The van der Waals surface area contributed by atoms with Gasteiger partial charge in [-0.25, -0.2) is 4.52 Å². The molecule has 164 valence electrons. The lowest BCUT2D eigenvalue weighted by atomic mass is 10.1. The van der Waals surface area contributed by atoms with Crippen LogP contribution in [0.15, 0.2) is 71.8 Å². The lowest BCUT2D eigenvalue weighted by molar-refractivity contribution is -0.120. The molecule has 0 fully saturated rings. The van der Waals surface area contributed by atoms with E-state index in [0.717, 1.165) is 16.9 Å². The van der Waals surface area contributed by atoms with E-state index < -0.39 is 0 Å². The number of carbonyl (C=O) groups excluding carboxylic acids is 1. The van der Waals surface area contributed by atoms with Crippen LogP contribution in [0.3, 0.4) is 0 Å². The van der Waals surface area contributed by atoms with Crippen molar-refractivity contribution in [2.45, 2.75) is 13.0 Å². The summed E-state index contributed by atoms with van der Waals surface area (Å²) in [6.07, 6.45) is 3.62. The van der Waals surface area contributed by atoms with Crippen LogP contribution in [0.2, 0.25) is 0 Å². The van der Waals surface area contributed by atoms with Crippen molar-refractivity contribution in [3.05, 3.63) is 82.9 Å². The summed E-state index contributed by atoms with van der Waals surface area (Å²) in [6.45, 7) is 0.688. The lowest BCUT2D eigenvalue weighted by Gasteiger charge is -2.10. The van der Waals surface area contributed by atoms with Crippen LogP contribution in [0.25, 0.3) is 16.8 Å². The topological polar surface area (TPSA) is 86.9 Å². The van der Waals surface area contributed by atoms with E-state index in [1.165, 1.54) is 0 Å². The minimum absolute atomic E-state index is 0.131. The first-order valence-corrected chi connectivity index (χ1v) is 10.2. The Bertz CT molecular complexity index is 1310. The van der Waals surface area contributed by atoms with Gasteiger partial charge in [0, 0.05) is 36.6 Å². The highest BCUT2D eigenvalue weighted by Gasteiger charge is 2.11. The SMILES string of the molecule is COc1cccc(-c2cc3c(=O)n(CCNC(=O)Cc4ccccc4OC)ccn3n2)c1. The molecule has 2 heterocycles. The number of carbonyl (C=O) groups is 1. The van der Waals surface area contributed by atoms with Crippen molar-refractivity contribution in [3.63, 3.8) is 0 Å². The number of methoxy groups -OCH3 is 2. The minimum Gasteiger partial charge on any atom is -0.497 e. The fourth-order valence-electron chi connectivity index (χ4n) is 3.53. The zero-order chi connectivity index (χ0) is 22.5. The van der Waals surface area contributed by atoms with Gasteiger partial charge in [-0.05, 0) is 24.3 Å². The Morgan fingerprint density at radius 3 is 2.69 bits per heavy atom. The summed E-state index contributed by atoms with van der Waals surface area (Å²) in [5.41, 5.74) is 2.65. The third-order valence-corrected chi connectivity index (χ3v) is 5.19. The second kappa shape index (κ2) is 9.38. The number of ether oxygens (including phenoxy) is 2. The Morgan fingerprint density at radius 1 is 1.03 bits per heavy atom. The van der Waals surface area contributed by atoms with Gasteiger partial charge in [-0.1, -0.05) is 30.3 Å². The van der Waals surface area contributed by atoms with E-state index in [-0.39, 0.29) is 17.9 Å². The first-order valence-electron chi connectivity index (χ1n) is 10.2. The Morgan fingerprint density at radius 2 is 1.88 bits per heavy atom. The maximum Gasteiger partial charge on any atom is 0.276 e. The normalized spacial score (nSPS) is 10.8. The van der Waals surface area contributed by atoms with Gasteiger partial charge in [0.2, 0.25) is 5.91 Å². The molecule has 2 aromatic heterocycles. The highest BCUT2D eigenvalue weighted by atomic mass is 16.5. The second-order valence-electron chi connectivity index (χ2n) is 7.23. The number of para-hydroxylation sites is 1. The third kappa shape index (κ3) is 4.49. The van der Waals surface area contributed by atoms with E-state index in [0.29, 0.717) is 30.0 Å². The van der Waals surface area contributed by atoms with Crippen molar-refractivity contribution in [2.75, 3.05) is 20.8 Å². The molecule has 0 bridgehead atoms. The molecule has 8 nitrogen and oxygen atoms in total. The van der Waals surface area contributed by atoms with Crippen LogP contribution in [0.5, 0.6) is 11.5 Å². The quantitative estimate of drug-likeness (QED) is 0.462. The molecule has 0 unspecified atom stereocenters. The van der Waals surface area contributed by atoms with Crippen molar-refractivity contribution in [2.24, 2.45) is 0 Å². The fraction of sp³-hybridized carbons (Fsp3) is 0.208. The first-order chi connectivity index (χ1) is 15.6. The summed E-state index contributed by atoms with van der Waals surface area (Å²) >= 11 is 0. The first kappa shape index (κ1) is 21.2. The van der Waals surface area contributed by atoms with E-state index in [2.05, 4.69) is 10.4 Å². The molecule has 8 heteroatoms. The van der Waals surface area contributed by atoms with Gasteiger partial charge in [-0.15, -0.1) is 0 Å². The Hall–Kier alpha value is -4.07. The second-order valence-corrected chi connectivity index (χ2v) is 7.23. The van der Waals surface area contributed by atoms with Crippen LogP contribution >= 0.6 is 0 Å². The molecule has 0 saturated heterocycles. The van der Waals surface area contributed by atoms with E-state index in [9.17, 15) is 9.59 Å². The van der Waals surface area contributed by atoms with E-state index in [4.69, 9.17) is 9.47 Å². The van der Waals surface area contributed by atoms with Crippen LogP contribution in [-0.2, 0) is 17.8 Å². The number of fused-ring (bicyclic) bond motifs is 1. The number of aromatic nitrogens is 3. The highest BCUT2D eigenvalue weighted by Crippen LogP contribution is 2.23. The molecular formula is C24H24N4O4. The number of nitrogens with one attached hydrogen (secondary N) is 1. The average Bonchev–Trinajstić information content (AvgIpc) is 3.26. The number of rotatable bonds is 8. The monoisotopic (exact) mass is 432 g/mol. The fourth-order valence-corrected chi connectivity index (χ4v) is 3.53. The molecule has 2 aromatic carbocycles. The highest BCUT2D eigenvalue weighted by molar-refractivity contribution is 5.79. The molecule has 0 radical (unpaired) electrons. The van der Waals surface area contributed by atoms with Gasteiger partial charge in [0.05, 0.1) is 26.3 Å². The van der Waals surface area contributed by atoms with Crippen molar-refractivity contribution in [1.82, 2.24) is 19.5 Å². The zero-order valence-electron chi connectivity index (χ0n) is 17.9. The molecule has 0 aliphatic rings. The maximum absolute atomic E-state index is 12.9. The smallest absolute Gasteiger partial charge is 0.276 e. The van der Waals surface area contributed by atoms with Gasteiger partial charge in [-0.3, -0.25) is 9.59 Å². The molecule has 1 N–H and O–H groups in total. The number of benzene rings is 2. The van der Waals surface area contributed by atoms with Crippen molar-refractivity contribution in [1.29, 1.82) is 0 Å². The van der Waals surface area contributed by atoms with Crippen molar-refractivity contribution in [3.8, 4) is 22.8 Å². The van der Waals surface area contributed by atoms with Gasteiger partial charge in [0.1, 0.15) is 17.0 Å². The van der Waals surface area contributed by atoms with Gasteiger partial charge in [0.25, 0.3) is 5.56 Å². The predicted octanol–water partition coefficient (Wildman–Crippen LogP) is 2.54. The Labute approximate surface area is 185 Å². The molecule has 0 saturated carbocycles. The van der Waals surface area contributed by atoms with Gasteiger partial charge in [-0.2, -0.15) is 5.10 Å². The Balaban J connectivity index is 1.44. The molecule has 0 atom stereocenters. The summed E-state index contributed by atoms with van der Waals surface area (Å²) in [5.74, 6) is 1.27. The van der Waals surface area contributed by atoms with E-state index in [1.807, 2.05) is 48.5 Å². The largest absolute Gasteiger partial charge is 0.497 e. The van der Waals surface area contributed by atoms with E-state index >= 15 is 0 Å². The van der Waals surface area contributed by atoms with Crippen LogP contribution in [-0.4, -0.2) is 40.9 Å². The number of hydrogen-bond acceptors (Lipinski definition) is 5. The summed E-state index contributed by atoms with van der Waals surface area (Å²) < 4.78 is 13.7. The van der Waals surface area contributed by atoms with E-state index in [1.54, 1.807) is 41.8 Å². The molecule has 4 aromatic rings. The molecule has 32 heavy (non-hydrogen) atoms. The lowest BCUT2D eigenvalue weighted by Crippen LogP contribution is -2.32. The minimum atomic E-state index is -0.173. The molecular weight excluding hydrogens is 408 g/mol. The third-order valence-electron chi connectivity index (χ3n) is 5.19. The summed E-state index contributed by atoms with van der Waals surface area (Å²) in [5, 5.41) is 7.36. The average molecular weight is 432 g/mol. The Kier molecular flexibility index (Phi) is 6.21. The van der Waals surface area contributed by atoms with Gasteiger partial charge in [0.15, 0.2) is 0 Å². The number of nitrogens with zero attached hydrogens (tertiary/aromatic N) is 3. The van der Waals surface area contributed by atoms with Crippen molar-refractivity contribution >= 4 is 11.4 Å². The summed E-state index contributed by atoms with van der Waals surface area (Å²) in [6, 6.07) is 16.7. The van der Waals surface area contributed by atoms with Crippen LogP contribution < -0.4 is 20.3 Å². The number of amides is 1. The van der Waals surface area contributed by atoms with Crippen LogP contribution in [0.1, 0.15) is 5.56 Å². The molecule has 0 spiro atoms. The number of hydrogen-bond donors (Lipinski definition) is 1. The molecule has 4 rings (SSSR count). The predicted molar refractivity (Wildman–Crippen MR) is 121 cm³/mol. The summed E-state index contributed by atoms with van der Waals surface area (Å²) in [7, 11) is 3.19.